The number of carbonyl (C=O) groups is 2. The number of nitrogens with one attached hydrogen (secondary N) is 2. The molecule has 1 aromatic carbocycles. The first kappa shape index (κ1) is 15.2. The summed E-state index contributed by atoms with van der Waals surface area (Å²) in [5.74, 6) is 0.377. The Morgan fingerprint density at radius 2 is 2.00 bits per heavy atom. The predicted octanol–water partition coefficient (Wildman–Crippen LogP) is 2.33. The number of ether oxygens (including phenoxy) is 2. The molecular weight excluding hydrogens is 272 g/mol. The van der Waals surface area contributed by atoms with Crippen molar-refractivity contribution in [3.8, 4) is 5.75 Å². The van der Waals surface area contributed by atoms with E-state index in [1.165, 1.54) is 0 Å². The lowest BCUT2D eigenvalue weighted by Crippen LogP contribution is -2.27. The average molecular weight is 292 g/mol. The van der Waals surface area contributed by atoms with Crippen LogP contribution in [-0.2, 0) is 11.2 Å². The zero-order valence-electron chi connectivity index (χ0n) is 12.7. The van der Waals surface area contributed by atoms with Crippen LogP contribution >= 0.6 is 0 Å². The van der Waals surface area contributed by atoms with Crippen LogP contribution in [0.4, 0.5) is 10.5 Å². The fourth-order valence-electron chi connectivity index (χ4n) is 2.16. The normalized spacial score (nSPS) is 13.1. The second kappa shape index (κ2) is 5.63. The van der Waals surface area contributed by atoms with Gasteiger partial charge in [0.15, 0.2) is 0 Å². The van der Waals surface area contributed by atoms with Crippen molar-refractivity contribution in [3.63, 3.8) is 0 Å². The van der Waals surface area contributed by atoms with Gasteiger partial charge < -0.3 is 14.8 Å². The Balaban J connectivity index is 2.25. The summed E-state index contributed by atoms with van der Waals surface area (Å²) in [6.45, 7) is 5.87. The van der Waals surface area contributed by atoms with Crippen LogP contribution < -0.4 is 15.4 Å². The molecule has 21 heavy (non-hydrogen) atoms. The van der Waals surface area contributed by atoms with Crippen molar-refractivity contribution >= 4 is 17.7 Å². The Morgan fingerprint density at radius 3 is 2.62 bits per heavy atom. The summed E-state index contributed by atoms with van der Waals surface area (Å²) in [5.41, 5.74) is 1.32. The third-order valence-corrected chi connectivity index (χ3v) is 2.97. The van der Waals surface area contributed by atoms with Crippen molar-refractivity contribution < 1.29 is 19.1 Å². The molecule has 0 atom stereocenters. The van der Waals surface area contributed by atoms with Crippen LogP contribution in [0.5, 0.6) is 5.75 Å². The Morgan fingerprint density at radius 1 is 1.29 bits per heavy atom. The van der Waals surface area contributed by atoms with E-state index in [9.17, 15) is 9.59 Å². The molecule has 6 heteroatoms. The predicted molar refractivity (Wildman–Crippen MR) is 78.9 cm³/mol. The molecule has 0 spiro atoms. The molecule has 1 aliphatic rings. The molecule has 0 bridgehead atoms. The summed E-state index contributed by atoms with van der Waals surface area (Å²) >= 11 is 0. The first-order chi connectivity index (χ1) is 9.81. The smallest absolute Gasteiger partial charge is 0.412 e. The summed E-state index contributed by atoms with van der Waals surface area (Å²) in [6, 6.07) is 3.33. The first-order valence-electron chi connectivity index (χ1n) is 6.82. The summed E-state index contributed by atoms with van der Waals surface area (Å²) in [7, 11) is 1.58. The van der Waals surface area contributed by atoms with Gasteiger partial charge in [-0.3, -0.25) is 10.1 Å². The minimum atomic E-state index is -0.573. The van der Waals surface area contributed by atoms with Crippen LogP contribution in [-0.4, -0.2) is 31.3 Å². The molecule has 114 valence electrons. The third kappa shape index (κ3) is 3.45. The van der Waals surface area contributed by atoms with E-state index in [1.807, 2.05) is 0 Å². The molecule has 0 saturated carbocycles. The summed E-state index contributed by atoms with van der Waals surface area (Å²) < 4.78 is 10.8. The Labute approximate surface area is 123 Å². The van der Waals surface area contributed by atoms with Crippen LogP contribution in [0.25, 0.3) is 0 Å². The van der Waals surface area contributed by atoms with Crippen LogP contribution in [0.15, 0.2) is 12.1 Å². The molecule has 1 aliphatic heterocycles. The lowest BCUT2D eigenvalue weighted by molar-refractivity contribution is 0.0635. The number of fused-ring (bicyclic) bond motifs is 1. The maximum Gasteiger partial charge on any atom is 0.412 e. The van der Waals surface area contributed by atoms with E-state index in [-0.39, 0.29) is 5.91 Å². The number of amides is 2. The van der Waals surface area contributed by atoms with E-state index < -0.39 is 11.7 Å². The highest BCUT2D eigenvalue weighted by molar-refractivity contribution is 5.98. The molecule has 0 saturated heterocycles. The van der Waals surface area contributed by atoms with Gasteiger partial charge in [0, 0.05) is 24.6 Å². The average Bonchev–Trinajstić information content (AvgIpc) is 2.85. The highest BCUT2D eigenvalue weighted by atomic mass is 16.6. The minimum Gasteiger partial charge on any atom is -0.491 e. The fraction of sp³-hybridized carbons (Fsp3) is 0.467. The molecule has 0 unspecified atom stereocenters. The second-order valence-corrected chi connectivity index (χ2v) is 5.77. The van der Waals surface area contributed by atoms with Crippen molar-refractivity contribution in [2.24, 2.45) is 0 Å². The monoisotopic (exact) mass is 292 g/mol. The zero-order valence-corrected chi connectivity index (χ0v) is 12.7. The largest absolute Gasteiger partial charge is 0.491 e. The molecule has 0 fully saturated rings. The number of hydrogen-bond donors (Lipinski definition) is 2. The van der Waals surface area contributed by atoms with Crippen molar-refractivity contribution in [1.29, 1.82) is 0 Å². The molecule has 0 aromatic heterocycles. The lowest BCUT2D eigenvalue weighted by Gasteiger charge is -2.20. The molecule has 1 aromatic rings. The van der Waals surface area contributed by atoms with E-state index in [2.05, 4.69) is 10.6 Å². The second-order valence-electron chi connectivity index (χ2n) is 5.77. The Hall–Kier alpha value is -2.24. The number of hydrogen-bond acceptors (Lipinski definition) is 4. The van der Waals surface area contributed by atoms with Gasteiger partial charge in [0.05, 0.1) is 12.3 Å². The summed E-state index contributed by atoms with van der Waals surface area (Å²) in [5, 5.41) is 5.26. The first-order valence-corrected chi connectivity index (χ1v) is 6.82. The SMILES string of the molecule is CNC(=O)c1ccc(NC(=O)OC(C)(C)C)c2c1CCO2. The number of anilines is 1. The van der Waals surface area contributed by atoms with Gasteiger partial charge in [-0.25, -0.2) is 4.79 Å². The standard InChI is InChI=1S/C15H20N2O4/c1-15(2,3)21-14(19)17-11-6-5-10(13(18)16-4)9-7-8-20-12(9)11/h5-6H,7-8H2,1-4H3,(H,16,18)(H,17,19). The molecule has 1 heterocycles. The van der Waals surface area contributed by atoms with Gasteiger partial charge in [-0.1, -0.05) is 0 Å². The van der Waals surface area contributed by atoms with Crippen molar-refractivity contribution in [2.75, 3.05) is 19.0 Å². The highest BCUT2D eigenvalue weighted by Crippen LogP contribution is 2.36. The molecule has 2 rings (SSSR count). The van der Waals surface area contributed by atoms with Gasteiger partial charge in [-0.05, 0) is 32.9 Å². The van der Waals surface area contributed by atoms with Crippen LogP contribution in [0.2, 0.25) is 0 Å². The van der Waals surface area contributed by atoms with Crippen molar-refractivity contribution in [1.82, 2.24) is 5.32 Å². The zero-order chi connectivity index (χ0) is 15.6. The van der Waals surface area contributed by atoms with E-state index in [0.717, 1.165) is 5.56 Å². The number of benzene rings is 1. The van der Waals surface area contributed by atoms with Crippen LogP contribution in [0.1, 0.15) is 36.7 Å². The Kier molecular flexibility index (Phi) is 4.06. The van der Waals surface area contributed by atoms with E-state index in [1.54, 1.807) is 40.0 Å². The van der Waals surface area contributed by atoms with Gasteiger partial charge in [0.25, 0.3) is 5.91 Å². The van der Waals surface area contributed by atoms with Crippen molar-refractivity contribution in [3.05, 3.63) is 23.3 Å². The molecule has 6 nitrogen and oxygen atoms in total. The molecule has 0 aliphatic carbocycles. The molecule has 2 amide bonds. The van der Waals surface area contributed by atoms with Gasteiger partial charge >= 0.3 is 6.09 Å². The van der Waals surface area contributed by atoms with Crippen LogP contribution in [0, 0.1) is 0 Å². The van der Waals surface area contributed by atoms with Gasteiger partial charge in [-0.15, -0.1) is 0 Å². The summed E-state index contributed by atoms with van der Waals surface area (Å²) in [4.78, 5) is 23.7. The maximum atomic E-state index is 11.8. The van der Waals surface area contributed by atoms with E-state index in [0.29, 0.717) is 30.0 Å². The third-order valence-electron chi connectivity index (χ3n) is 2.97. The van der Waals surface area contributed by atoms with Gasteiger partial charge in [-0.2, -0.15) is 0 Å². The van der Waals surface area contributed by atoms with E-state index in [4.69, 9.17) is 9.47 Å². The topological polar surface area (TPSA) is 76.7 Å². The molecule has 0 radical (unpaired) electrons. The summed E-state index contributed by atoms with van der Waals surface area (Å²) in [6.07, 6.45) is 0.0926. The van der Waals surface area contributed by atoms with Crippen molar-refractivity contribution in [2.45, 2.75) is 32.8 Å². The minimum absolute atomic E-state index is 0.166. The quantitative estimate of drug-likeness (QED) is 0.877. The maximum absolute atomic E-state index is 11.8. The van der Waals surface area contributed by atoms with Crippen LogP contribution in [0.3, 0.4) is 0 Å². The van der Waals surface area contributed by atoms with E-state index >= 15 is 0 Å². The van der Waals surface area contributed by atoms with Gasteiger partial charge in [0.1, 0.15) is 11.4 Å². The fourth-order valence-corrected chi connectivity index (χ4v) is 2.16. The lowest BCUT2D eigenvalue weighted by atomic mass is 10.0. The molecule has 2 N–H and O–H groups in total. The number of carbonyl (C=O) groups excluding carboxylic acids is 2. The Bertz CT molecular complexity index is 576. The number of rotatable bonds is 2. The van der Waals surface area contributed by atoms with Gasteiger partial charge in [0.2, 0.25) is 0 Å². The molecular formula is C15H20N2O4. The highest BCUT2D eigenvalue weighted by Gasteiger charge is 2.25.